The average molecular weight is 1130 g/mol. The van der Waals surface area contributed by atoms with Gasteiger partial charge in [0.05, 0.1) is 0 Å². The molecule has 0 bridgehead atoms. The largest absolute Gasteiger partial charge is 0.238 e. The Morgan fingerprint density at radius 2 is 0.700 bits per heavy atom. The van der Waals surface area contributed by atoms with Crippen molar-refractivity contribution in [2.45, 2.75) is 18.5 Å². The number of alkyl halides is 13. The van der Waals surface area contributed by atoms with Crippen LogP contribution in [0.5, 0.6) is 0 Å². The zero-order valence-electron chi connectivity index (χ0n) is 8.32. The summed E-state index contributed by atoms with van der Waals surface area (Å²) in [5.41, 5.74) is 0. The summed E-state index contributed by atoms with van der Waals surface area (Å²) in [5.74, 6) is 0. The summed E-state index contributed by atoms with van der Waals surface area (Å²) in [6.45, 7) is 0. The Kier molecular flexibility index (Phi) is 10.9. The normalized spacial score (nSPS) is 16.5. The Hall–Kier alpha value is 6.20. The van der Waals surface area contributed by atoms with Crippen molar-refractivity contribution < 1.29 is 5.11 Å². The Morgan fingerprint density at radius 3 is 0.850 bits per heavy atom. The summed E-state index contributed by atoms with van der Waals surface area (Å²) in [4.78, 5) is 0. The molecule has 0 saturated carbocycles. The van der Waals surface area contributed by atoms with Crippen LogP contribution in [0.2, 0.25) is 0 Å². The summed E-state index contributed by atoms with van der Waals surface area (Å²) in [5, 5.41) is 12.4. The van der Waals surface area contributed by atoms with Crippen molar-refractivity contribution in [3.8, 4) is 0 Å². The first-order valence-electron chi connectivity index (χ1n) is 3.91. The fourth-order valence-corrected chi connectivity index (χ4v) is 14.9. The van der Waals surface area contributed by atoms with Gasteiger partial charge in [-0.25, -0.2) is 5.11 Å². The molecule has 121 valence electrons. The maximum Gasteiger partial charge on any atom is 0.238 e. The fraction of sp³-hybridized carbons (Fsp3) is 1.00. The first-order valence-corrected chi connectivity index (χ1v) is 14.2. The Labute approximate surface area is 226 Å². The van der Waals surface area contributed by atoms with E-state index in [-0.39, 0.29) is 0 Å². The Morgan fingerprint density at radius 1 is 0.450 bits per heavy atom. The average Bonchev–Trinajstić information content (AvgIpc) is 2.10. The van der Waals surface area contributed by atoms with Gasteiger partial charge >= 0.3 is 0 Å². The lowest BCUT2D eigenvalue weighted by Crippen LogP contribution is -2.66. The Balaban J connectivity index is 6.38. The Bertz CT molecular complexity index is 343. The van der Waals surface area contributed by atoms with Crippen molar-refractivity contribution >= 4 is 207 Å². The van der Waals surface area contributed by atoms with Gasteiger partial charge < -0.3 is 0 Å². The second-order valence-electron chi connectivity index (χ2n) is 3.32. The SMILES string of the molecule is [O]C(Br)(Br)C(Br)(Br)C(Br)(Br)C(Br)(C(Br)(Br)Br)C(Br)(Br)Br. The minimum absolute atomic E-state index is 0.873. The summed E-state index contributed by atoms with van der Waals surface area (Å²) in [6.07, 6.45) is 0. The summed E-state index contributed by atoms with van der Waals surface area (Å²) in [7, 11) is 0. The van der Waals surface area contributed by atoms with Crippen molar-refractivity contribution in [2.75, 3.05) is 0 Å². The van der Waals surface area contributed by atoms with Crippen molar-refractivity contribution in [1.29, 1.82) is 0 Å². The molecule has 0 aliphatic heterocycles. The molecule has 0 aromatic heterocycles. The fourth-order valence-electron chi connectivity index (χ4n) is 0.916. The lowest BCUT2D eigenvalue weighted by Gasteiger charge is -2.54. The third-order valence-electron chi connectivity index (χ3n) is 1.97. The van der Waals surface area contributed by atoms with E-state index >= 15 is 0 Å². The third-order valence-corrected chi connectivity index (χ3v) is 21.7. The van der Waals surface area contributed by atoms with Gasteiger partial charge in [-0.05, 0) is 31.9 Å². The molecule has 0 rings (SSSR count). The molecule has 0 N–H and O–H groups in total. The van der Waals surface area contributed by atoms with E-state index in [1.54, 1.807) is 0 Å². The van der Waals surface area contributed by atoms with Crippen molar-refractivity contribution in [3.63, 3.8) is 0 Å². The van der Waals surface area contributed by atoms with Gasteiger partial charge in [0.1, 0.15) is 7.56 Å². The van der Waals surface area contributed by atoms with Crippen LogP contribution in [0, 0.1) is 0 Å². The second-order valence-corrected chi connectivity index (χ2v) is 28.2. The van der Waals surface area contributed by atoms with Gasteiger partial charge in [0, 0.05) is 0 Å². The van der Waals surface area contributed by atoms with Gasteiger partial charge in [0.25, 0.3) is 0 Å². The molecule has 0 aromatic carbocycles. The van der Waals surface area contributed by atoms with Gasteiger partial charge in [-0.2, -0.15) is 0 Å². The second kappa shape index (κ2) is 8.29. The van der Waals surface area contributed by atoms with Crippen LogP contribution in [0.15, 0.2) is 0 Å². The molecule has 0 heterocycles. The van der Waals surface area contributed by atoms with Crippen LogP contribution in [-0.2, 0) is 5.11 Å². The standard InChI is InChI=1S/C6Br13O/c7-1(4(12,13)14,5(15,16)17)2(8,9)3(10,11)6(18,19)20. The molecule has 0 saturated heterocycles. The highest BCUT2D eigenvalue weighted by Crippen LogP contribution is 2.75. The summed E-state index contributed by atoms with van der Waals surface area (Å²) >= 11 is 44.7. The minimum atomic E-state index is -1.77. The molecule has 1 radical (unpaired) electrons. The van der Waals surface area contributed by atoms with E-state index in [4.69, 9.17) is 0 Å². The van der Waals surface area contributed by atoms with E-state index in [1.807, 2.05) is 0 Å². The maximum atomic E-state index is 12.4. The zero-order chi connectivity index (χ0) is 17.0. The van der Waals surface area contributed by atoms with Crippen molar-refractivity contribution in [3.05, 3.63) is 0 Å². The van der Waals surface area contributed by atoms with Gasteiger partial charge in [0.15, 0.2) is 7.52 Å². The van der Waals surface area contributed by atoms with Gasteiger partial charge in [0.2, 0.25) is 3.42 Å². The highest BCUT2D eigenvalue weighted by Gasteiger charge is 2.75. The summed E-state index contributed by atoms with van der Waals surface area (Å²) < 4.78 is -6.88. The van der Waals surface area contributed by atoms with Gasteiger partial charge in [-0.3, -0.25) is 0 Å². The molecule has 0 atom stereocenters. The molecule has 0 aliphatic rings. The topological polar surface area (TPSA) is 19.9 Å². The van der Waals surface area contributed by atoms with Crippen LogP contribution in [0.3, 0.4) is 0 Å². The van der Waals surface area contributed by atoms with Crippen LogP contribution < -0.4 is 0 Å². The molecular weight excluding hydrogens is 1130 g/mol. The van der Waals surface area contributed by atoms with E-state index < -0.39 is 18.5 Å². The molecule has 0 fully saturated rings. The summed E-state index contributed by atoms with van der Waals surface area (Å²) in [6, 6.07) is 0. The quantitative estimate of drug-likeness (QED) is 0.251. The molecule has 1 nitrogen and oxygen atoms in total. The van der Waals surface area contributed by atoms with Crippen LogP contribution in [-0.4, -0.2) is 18.5 Å². The smallest absolute Gasteiger partial charge is 0.202 e. The molecule has 0 unspecified atom stereocenters. The van der Waals surface area contributed by atoms with Gasteiger partial charge in [-0.1, -0.05) is 175 Å². The number of hydrogen-bond acceptors (Lipinski definition) is 0. The van der Waals surface area contributed by atoms with E-state index in [9.17, 15) is 5.11 Å². The number of hydrogen-bond donors (Lipinski definition) is 0. The van der Waals surface area contributed by atoms with E-state index in [2.05, 4.69) is 207 Å². The predicted molar refractivity (Wildman–Crippen MR) is 133 cm³/mol. The highest BCUT2D eigenvalue weighted by atomic mass is 80.0. The molecular formula is C6Br13O. The molecule has 14 heteroatoms. The first-order chi connectivity index (χ1) is 8.25. The lowest BCUT2D eigenvalue weighted by molar-refractivity contribution is 0.135. The van der Waals surface area contributed by atoms with Crippen molar-refractivity contribution in [1.82, 2.24) is 0 Å². The molecule has 0 spiro atoms. The molecule has 0 amide bonds. The van der Waals surface area contributed by atoms with Crippen LogP contribution in [0.25, 0.3) is 0 Å². The first kappa shape index (κ1) is 26.2. The minimum Gasteiger partial charge on any atom is -0.202 e. The van der Waals surface area contributed by atoms with Gasteiger partial charge in [-0.15, -0.1) is 0 Å². The number of rotatable bonds is 3. The van der Waals surface area contributed by atoms with Crippen molar-refractivity contribution in [2.24, 2.45) is 0 Å². The monoisotopic (exact) mass is 1110 g/mol. The maximum absolute atomic E-state index is 12.4. The van der Waals surface area contributed by atoms with Crippen LogP contribution >= 0.6 is 207 Å². The lowest BCUT2D eigenvalue weighted by atomic mass is 10.1. The van der Waals surface area contributed by atoms with E-state index in [0.29, 0.717) is 0 Å². The molecule has 0 aliphatic carbocycles. The highest BCUT2D eigenvalue weighted by molar-refractivity contribution is 9.42. The van der Waals surface area contributed by atoms with E-state index in [1.165, 1.54) is 0 Å². The van der Waals surface area contributed by atoms with Crippen LogP contribution in [0.1, 0.15) is 0 Å². The van der Waals surface area contributed by atoms with E-state index in [0.717, 1.165) is 0 Å². The predicted octanol–water partition coefficient (Wildman–Crippen LogP) is 9.64. The molecule has 0 aromatic rings. The number of halogens is 13. The molecule has 20 heavy (non-hydrogen) atoms. The zero-order valence-corrected chi connectivity index (χ0v) is 28.9. The third kappa shape index (κ3) is 4.97. The van der Waals surface area contributed by atoms with Crippen LogP contribution in [0.4, 0.5) is 0 Å².